The molecule has 0 bridgehead atoms. The van der Waals surface area contributed by atoms with E-state index in [4.69, 9.17) is 17.2 Å². The number of guanidine groups is 1. The summed E-state index contributed by atoms with van der Waals surface area (Å²) in [6.45, 7) is 6.37. The second-order valence-electron chi connectivity index (χ2n) is 11.6. The normalized spacial score (nSPS) is 13.8. The van der Waals surface area contributed by atoms with Crippen molar-refractivity contribution in [1.82, 2.24) is 19.8 Å². The minimum absolute atomic E-state index is 0.174. The first-order chi connectivity index (χ1) is 23.3. The fourth-order valence-corrected chi connectivity index (χ4v) is 5.93. The fraction of sp³-hybridized carbons (Fsp3) is 0.189. The number of hydrogen-bond donors (Lipinski definition) is 3. The van der Waals surface area contributed by atoms with Gasteiger partial charge in [-0.25, -0.2) is 18.7 Å². The Morgan fingerprint density at radius 1 is 0.688 bits per heavy atom. The first-order valence-electron chi connectivity index (χ1n) is 15.7. The highest BCUT2D eigenvalue weighted by Gasteiger charge is 2.28. The Bertz CT molecular complexity index is 1790. The van der Waals surface area contributed by atoms with Crippen LogP contribution >= 0.6 is 12.2 Å². The lowest BCUT2D eigenvalue weighted by Crippen LogP contribution is -2.52. The molecule has 0 aliphatic carbocycles. The summed E-state index contributed by atoms with van der Waals surface area (Å²) in [4.78, 5) is 18.4. The molecule has 0 unspecified atom stereocenters. The van der Waals surface area contributed by atoms with Crippen LogP contribution in [0.1, 0.15) is 28.6 Å². The third kappa shape index (κ3) is 8.55. The lowest BCUT2D eigenvalue weighted by Gasteiger charge is -2.40. The van der Waals surface area contributed by atoms with E-state index in [2.05, 4.69) is 35.7 Å². The standard InChI is InChI=1S/C37H36F2N8S/c1-25-24-26(2)41-35(40-25)44-36(45-37(48)43-33-18-16-32(17-19-33)42-31-6-4-3-5-7-31)47-22-20-46(21-23-47)34(27-8-12-29(38)13-9-27)28-10-14-30(39)15-11-28/h3-19,24,34,42H,20-23H2,1-2H3,(H2,40,41,43,44,45,48). The minimum atomic E-state index is -0.300. The topological polar surface area (TPSA) is 80.7 Å². The van der Waals surface area contributed by atoms with Gasteiger partial charge >= 0.3 is 0 Å². The number of piperazine rings is 1. The van der Waals surface area contributed by atoms with Crippen molar-refractivity contribution in [1.29, 1.82) is 0 Å². The van der Waals surface area contributed by atoms with Gasteiger partial charge in [-0.1, -0.05) is 42.5 Å². The predicted molar refractivity (Wildman–Crippen MR) is 193 cm³/mol. The smallest absolute Gasteiger partial charge is 0.229 e. The number of anilines is 4. The monoisotopic (exact) mass is 662 g/mol. The molecule has 1 saturated heterocycles. The number of thiocarbonyl (C=S) groups is 1. The molecular weight excluding hydrogens is 627 g/mol. The summed E-state index contributed by atoms with van der Waals surface area (Å²) in [6, 6.07) is 32.5. The van der Waals surface area contributed by atoms with E-state index >= 15 is 0 Å². The fourth-order valence-electron chi connectivity index (χ4n) is 5.73. The van der Waals surface area contributed by atoms with Crippen LogP contribution in [0.4, 0.5) is 31.8 Å². The lowest BCUT2D eigenvalue weighted by molar-refractivity contribution is 0.150. The maximum atomic E-state index is 13.8. The molecule has 0 amide bonds. The zero-order chi connectivity index (χ0) is 33.5. The largest absolute Gasteiger partial charge is 0.356 e. The van der Waals surface area contributed by atoms with Crippen molar-refractivity contribution in [2.24, 2.45) is 4.99 Å². The summed E-state index contributed by atoms with van der Waals surface area (Å²) in [5, 5.41) is 10.2. The molecule has 1 aliphatic rings. The van der Waals surface area contributed by atoms with Gasteiger partial charge in [0.25, 0.3) is 0 Å². The Hall–Kier alpha value is -5.26. The van der Waals surface area contributed by atoms with E-state index in [1.807, 2.05) is 74.5 Å². The molecule has 0 saturated carbocycles. The van der Waals surface area contributed by atoms with Crippen LogP contribution in [0, 0.1) is 25.5 Å². The molecule has 0 radical (unpaired) electrons. The van der Waals surface area contributed by atoms with Crippen molar-refractivity contribution >= 4 is 46.3 Å². The van der Waals surface area contributed by atoms with Crippen LogP contribution in [-0.2, 0) is 0 Å². The van der Waals surface area contributed by atoms with Gasteiger partial charge in [0.15, 0.2) is 0 Å². The highest BCUT2D eigenvalue weighted by molar-refractivity contribution is 7.80. The number of rotatable bonds is 7. The van der Waals surface area contributed by atoms with Crippen LogP contribution in [0.5, 0.6) is 0 Å². The number of hydrogen-bond acceptors (Lipinski definition) is 5. The van der Waals surface area contributed by atoms with E-state index in [0.717, 1.165) is 39.6 Å². The van der Waals surface area contributed by atoms with Gasteiger partial charge in [-0.05, 0) is 104 Å². The van der Waals surface area contributed by atoms with Gasteiger partial charge < -0.3 is 15.5 Å². The molecule has 0 spiro atoms. The maximum absolute atomic E-state index is 13.8. The van der Waals surface area contributed by atoms with E-state index in [1.165, 1.54) is 24.3 Å². The van der Waals surface area contributed by atoms with Gasteiger partial charge in [-0.3, -0.25) is 10.2 Å². The van der Waals surface area contributed by atoms with Crippen LogP contribution in [0.25, 0.3) is 0 Å². The van der Waals surface area contributed by atoms with E-state index in [-0.39, 0.29) is 22.8 Å². The molecule has 6 rings (SSSR count). The molecule has 0 atom stereocenters. The van der Waals surface area contributed by atoms with Gasteiger partial charge in [0.1, 0.15) is 11.6 Å². The first kappa shape index (κ1) is 32.7. The average molecular weight is 663 g/mol. The maximum Gasteiger partial charge on any atom is 0.229 e. The van der Waals surface area contributed by atoms with Crippen LogP contribution < -0.4 is 16.0 Å². The molecular formula is C37H36F2N8S. The molecule has 8 nitrogen and oxygen atoms in total. The summed E-state index contributed by atoms with van der Waals surface area (Å²) in [6.07, 6.45) is 0. The minimum Gasteiger partial charge on any atom is -0.356 e. The molecule has 244 valence electrons. The number of nitrogens with zero attached hydrogens (tertiary/aromatic N) is 5. The van der Waals surface area contributed by atoms with E-state index < -0.39 is 0 Å². The number of benzene rings is 4. The van der Waals surface area contributed by atoms with Crippen molar-refractivity contribution in [3.63, 3.8) is 0 Å². The third-order valence-electron chi connectivity index (χ3n) is 7.96. The summed E-state index contributed by atoms with van der Waals surface area (Å²) >= 11 is 5.71. The van der Waals surface area contributed by atoms with E-state index in [1.54, 1.807) is 24.3 Å². The third-order valence-corrected chi connectivity index (χ3v) is 8.16. The summed E-state index contributed by atoms with van der Waals surface area (Å²) in [5.41, 5.74) is 6.29. The number of aliphatic imine (C=N–C) groups is 1. The second-order valence-corrected chi connectivity index (χ2v) is 11.9. The van der Waals surface area contributed by atoms with Crippen molar-refractivity contribution in [3.8, 4) is 0 Å². The Balaban J connectivity index is 1.20. The Kier molecular flexibility index (Phi) is 10.3. The molecule has 1 fully saturated rings. The average Bonchev–Trinajstić information content (AvgIpc) is 3.07. The molecule has 2 heterocycles. The van der Waals surface area contributed by atoms with Crippen molar-refractivity contribution in [3.05, 3.63) is 143 Å². The van der Waals surface area contributed by atoms with Crippen LogP contribution in [0.15, 0.2) is 114 Å². The summed E-state index contributed by atoms with van der Waals surface area (Å²) in [5.74, 6) is 0.362. The van der Waals surface area contributed by atoms with Crippen LogP contribution in [0.3, 0.4) is 0 Å². The van der Waals surface area contributed by atoms with Gasteiger partial charge in [-0.2, -0.15) is 4.99 Å². The zero-order valence-corrected chi connectivity index (χ0v) is 27.5. The molecule has 48 heavy (non-hydrogen) atoms. The molecule has 4 aromatic carbocycles. The van der Waals surface area contributed by atoms with Crippen LogP contribution in [-0.4, -0.2) is 57.0 Å². The highest BCUT2D eigenvalue weighted by Crippen LogP contribution is 2.30. The van der Waals surface area contributed by atoms with Gasteiger partial charge in [0.2, 0.25) is 17.0 Å². The number of nitrogens with one attached hydrogen (secondary N) is 3. The Labute approximate surface area is 284 Å². The number of halogens is 2. The highest BCUT2D eigenvalue weighted by atomic mass is 32.1. The van der Waals surface area contributed by atoms with Crippen molar-refractivity contribution < 1.29 is 8.78 Å². The lowest BCUT2D eigenvalue weighted by atomic mass is 9.96. The Morgan fingerprint density at radius 2 is 1.21 bits per heavy atom. The Morgan fingerprint density at radius 3 is 1.77 bits per heavy atom. The van der Waals surface area contributed by atoms with Crippen molar-refractivity contribution in [2.45, 2.75) is 19.9 Å². The molecule has 1 aliphatic heterocycles. The summed E-state index contributed by atoms with van der Waals surface area (Å²) < 4.78 is 27.7. The van der Waals surface area contributed by atoms with Gasteiger partial charge in [-0.15, -0.1) is 0 Å². The first-order valence-corrected chi connectivity index (χ1v) is 16.1. The van der Waals surface area contributed by atoms with Crippen molar-refractivity contribution in [2.75, 3.05) is 42.1 Å². The predicted octanol–water partition coefficient (Wildman–Crippen LogP) is 7.69. The number of para-hydroxylation sites is 1. The zero-order valence-electron chi connectivity index (χ0n) is 26.7. The second kappa shape index (κ2) is 15.1. The quantitative estimate of drug-likeness (QED) is 0.0931. The van der Waals surface area contributed by atoms with Gasteiger partial charge in [0, 0.05) is 54.6 Å². The number of aryl methyl sites for hydroxylation is 2. The van der Waals surface area contributed by atoms with Crippen LogP contribution in [0.2, 0.25) is 0 Å². The molecule has 3 N–H and O–H groups in total. The van der Waals surface area contributed by atoms with E-state index in [9.17, 15) is 8.78 Å². The molecule has 5 aromatic rings. The van der Waals surface area contributed by atoms with E-state index in [0.29, 0.717) is 38.1 Å². The summed E-state index contributed by atoms with van der Waals surface area (Å²) in [7, 11) is 0. The molecule has 1 aromatic heterocycles. The van der Waals surface area contributed by atoms with Gasteiger partial charge in [0.05, 0.1) is 6.04 Å². The molecule has 11 heteroatoms. The number of aromatic nitrogens is 2. The SMILES string of the molecule is Cc1cc(C)nc(N/C(=N/C(=S)Nc2ccc(Nc3ccccc3)cc2)N2CCN(C(c3ccc(F)cc3)c3ccc(F)cc3)CC2)n1.